The molecule has 0 saturated heterocycles. The number of carboxylic acids is 1. The van der Waals surface area contributed by atoms with Crippen molar-refractivity contribution < 1.29 is 29.1 Å². The summed E-state index contributed by atoms with van der Waals surface area (Å²) >= 11 is 0. The summed E-state index contributed by atoms with van der Waals surface area (Å²) in [5.41, 5.74) is 22.5. The summed E-state index contributed by atoms with van der Waals surface area (Å²) in [6, 6.07) is -3.81. The number of unbranched alkanes of at least 4 members (excludes halogenated alkanes) is 3. The lowest BCUT2D eigenvalue weighted by Gasteiger charge is -2.27. The average Bonchev–Trinajstić information content (AvgIpc) is 2.92. The van der Waals surface area contributed by atoms with Gasteiger partial charge < -0.3 is 49.3 Å². The molecule has 0 radical (unpaired) electrons. The summed E-state index contributed by atoms with van der Waals surface area (Å²) in [5.74, 6) is -3.75. The van der Waals surface area contributed by atoms with Gasteiger partial charge in [0.15, 0.2) is 0 Å². The number of nitrogens with one attached hydrogen (secondary N) is 4. The standard InChI is InChI=1S/C26H52N8O6/c1-3-17(2)22(25(38)31-16-21(35)32-20(26(39)40)12-6-9-15-29)34-24(37)19(11-5-8-14-28)33-23(36)18(30)10-4-7-13-27/h17-20,22H,3-16,27-30H2,1-2H3,(H,31,38)(H,32,35)(H,33,36)(H,34,37)(H,39,40)/t17-,18-,19-,20-,22-/m0/s1. The quantitative estimate of drug-likeness (QED) is 0.0633. The molecule has 14 heteroatoms. The van der Waals surface area contributed by atoms with E-state index in [4.69, 9.17) is 22.9 Å². The third-order valence-corrected chi connectivity index (χ3v) is 6.68. The number of amides is 4. The highest BCUT2D eigenvalue weighted by Gasteiger charge is 2.31. The van der Waals surface area contributed by atoms with Crippen LogP contribution in [0.5, 0.6) is 0 Å². The maximum atomic E-state index is 13.2. The molecule has 0 aliphatic carbocycles. The molecule has 40 heavy (non-hydrogen) atoms. The van der Waals surface area contributed by atoms with Crippen molar-refractivity contribution in [3.05, 3.63) is 0 Å². The molecular weight excluding hydrogens is 520 g/mol. The molecule has 0 bridgehead atoms. The van der Waals surface area contributed by atoms with E-state index in [1.807, 2.05) is 6.92 Å². The van der Waals surface area contributed by atoms with Crippen LogP contribution in [-0.4, -0.2) is 85.1 Å². The van der Waals surface area contributed by atoms with Crippen molar-refractivity contribution in [3.63, 3.8) is 0 Å². The normalized spacial score (nSPS) is 14.8. The van der Waals surface area contributed by atoms with E-state index in [0.717, 1.165) is 6.42 Å². The number of carbonyl (C=O) groups excluding carboxylic acids is 4. The average molecular weight is 573 g/mol. The van der Waals surface area contributed by atoms with Crippen molar-refractivity contribution in [2.75, 3.05) is 26.2 Å². The number of nitrogens with two attached hydrogens (primary N) is 4. The summed E-state index contributed by atoms with van der Waals surface area (Å²) in [7, 11) is 0. The van der Waals surface area contributed by atoms with Crippen LogP contribution in [0.15, 0.2) is 0 Å². The van der Waals surface area contributed by atoms with Crippen molar-refractivity contribution in [1.29, 1.82) is 0 Å². The molecule has 0 spiro atoms. The van der Waals surface area contributed by atoms with Crippen LogP contribution < -0.4 is 44.2 Å². The molecule has 0 unspecified atom stereocenters. The largest absolute Gasteiger partial charge is 0.480 e. The van der Waals surface area contributed by atoms with Crippen LogP contribution in [0.25, 0.3) is 0 Å². The van der Waals surface area contributed by atoms with E-state index in [9.17, 15) is 29.1 Å². The zero-order valence-corrected chi connectivity index (χ0v) is 24.1. The first kappa shape index (κ1) is 37.2. The molecule has 0 rings (SSSR count). The summed E-state index contributed by atoms with van der Waals surface area (Å²) in [6.45, 7) is 4.50. The first-order valence-electron chi connectivity index (χ1n) is 14.3. The fourth-order valence-electron chi connectivity index (χ4n) is 3.91. The minimum atomic E-state index is -1.18. The molecule has 0 aromatic heterocycles. The van der Waals surface area contributed by atoms with E-state index >= 15 is 0 Å². The highest BCUT2D eigenvalue weighted by Crippen LogP contribution is 2.10. The second-order valence-electron chi connectivity index (χ2n) is 10.1. The lowest BCUT2D eigenvalue weighted by molar-refractivity contribution is -0.142. The Morgan fingerprint density at radius 3 is 1.73 bits per heavy atom. The van der Waals surface area contributed by atoms with Crippen molar-refractivity contribution >= 4 is 29.6 Å². The Kier molecular flexibility index (Phi) is 20.4. The molecule has 0 aromatic rings. The third-order valence-electron chi connectivity index (χ3n) is 6.68. The SMILES string of the molecule is CC[C@H](C)[C@H](NC(=O)[C@H](CCCCN)NC(=O)[C@@H](N)CCCCN)C(=O)NCC(=O)N[C@@H](CCCCN)C(=O)O. The van der Waals surface area contributed by atoms with Gasteiger partial charge in [0.25, 0.3) is 0 Å². The lowest BCUT2D eigenvalue weighted by atomic mass is 9.97. The van der Waals surface area contributed by atoms with Gasteiger partial charge in [-0.05, 0) is 76.9 Å². The van der Waals surface area contributed by atoms with Gasteiger partial charge in [0.2, 0.25) is 23.6 Å². The minimum Gasteiger partial charge on any atom is -0.480 e. The highest BCUT2D eigenvalue weighted by atomic mass is 16.4. The maximum Gasteiger partial charge on any atom is 0.326 e. The first-order chi connectivity index (χ1) is 19.0. The Labute approximate surface area is 237 Å². The monoisotopic (exact) mass is 572 g/mol. The first-order valence-corrected chi connectivity index (χ1v) is 14.3. The fourth-order valence-corrected chi connectivity index (χ4v) is 3.91. The van der Waals surface area contributed by atoms with Crippen LogP contribution in [0.2, 0.25) is 0 Å². The van der Waals surface area contributed by atoms with Crippen LogP contribution >= 0.6 is 0 Å². The number of aliphatic carboxylic acids is 1. The topological polar surface area (TPSA) is 258 Å². The molecule has 0 aromatic carbocycles. The number of carbonyl (C=O) groups is 5. The van der Waals surface area contributed by atoms with Gasteiger partial charge >= 0.3 is 5.97 Å². The second-order valence-corrected chi connectivity index (χ2v) is 10.1. The van der Waals surface area contributed by atoms with E-state index in [-0.39, 0.29) is 12.3 Å². The summed E-state index contributed by atoms with van der Waals surface area (Å²) in [5, 5.41) is 19.6. The molecule has 232 valence electrons. The zero-order chi connectivity index (χ0) is 30.5. The smallest absolute Gasteiger partial charge is 0.326 e. The molecule has 0 aliphatic heterocycles. The van der Waals surface area contributed by atoms with Crippen LogP contribution in [0.1, 0.15) is 78.1 Å². The maximum absolute atomic E-state index is 13.2. The lowest BCUT2D eigenvalue weighted by Crippen LogP contribution is -2.58. The van der Waals surface area contributed by atoms with Gasteiger partial charge in [-0.1, -0.05) is 26.7 Å². The van der Waals surface area contributed by atoms with E-state index in [1.165, 1.54) is 0 Å². The van der Waals surface area contributed by atoms with Crippen LogP contribution in [0.4, 0.5) is 0 Å². The van der Waals surface area contributed by atoms with Gasteiger partial charge in [-0.2, -0.15) is 0 Å². The van der Waals surface area contributed by atoms with Gasteiger partial charge in [-0.15, -0.1) is 0 Å². The van der Waals surface area contributed by atoms with Crippen molar-refractivity contribution in [1.82, 2.24) is 21.3 Å². The van der Waals surface area contributed by atoms with Crippen molar-refractivity contribution in [2.45, 2.75) is 102 Å². The predicted octanol–water partition coefficient (Wildman–Crippen LogP) is -1.60. The summed E-state index contributed by atoms with van der Waals surface area (Å²) < 4.78 is 0. The van der Waals surface area contributed by atoms with Crippen LogP contribution in [-0.2, 0) is 24.0 Å². The van der Waals surface area contributed by atoms with Gasteiger partial charge in [-0.3, -0.25) is 19.2 Å². The second kappa shape index (κ2) is 21.9. The van der Waals surface area contributed by atoms with Gasteiger partial charge in [0.05, 0.1) is 12.6 Å². The molecule has 13 N–H and O–H groups in total. The molecule has 0 heterocycles. The van der Waals surface area contributed by atoms with Gasteiger partial charge in [0.1, 0.15) is 18.1 Å². The summed E-state index contributed by atoms with van der Waals surface area (Å²) in [4.78, 5) is 62.7. The van der Waals surface area contributed by atoms with E-state index in [2.05, 4.69) is 21.3 Å². The van der Waals surface area contributed by atoms with Gasteiger partial charge in [0, 0.05) is 0 Å². The van der Waals surface area contributed by atoms with Crippen LogP contribution in [0, 0.1) is 5.92 Å². The third kappa shape index (κ3) is 15.7. The predicted molar refractivity (Wildman–Crippen MR) is 153 cm³/mol. The number of carboxylic acid groups (broad SMARTS) is 1. The molecule has 0 fully saturated rings. The highest BCUT2D eigenvalue weighted by molar-refractivity contribution is 5.94. The number of rotatable bonds is 23. The van der Waals surface area contributed by atoms with Crippen molar-refractivity contribution in [2.24, 2.45) is 28.9 Å². The molecule has 4 amide bonds. The summed E-state index contributed by atoms with van der Waals surface area (Å²) in [6.07, 6.45) is 5.29. The Balaban J connectivity index is 5.30. The molecule has 14 nitrogen and oxygen atoms in total. The fraction of sp³-hybridized carbons (Fsp3) is 0.808. The molecule has 0 saturated carbocycles. The Bertz CT molecular complexity index is 784. The minimum absolute atomic E-state index is 0.214. The molecule has 0 aliphatic rings. The molecular formula is C26H52N8O6. The van der Waals surface area contributed by atoms with E-state index < -0.39 is 60.3 Å². The van der Waals surface area contributed by atoms with E-state index in [0.29, 0.717) is 71.0 Å². The molecule has 5 atom stereocenters. The Morgan fingerprint density at radius 2 is 1.23 bits per heavy atom. The van der Waals surface area contributed by atoms with Crippen molar-refractivity contribution in [3.8, 4) is 0 Å². The number of hydrogen-bond donors (Lipinski definition) is 9. The zero-order valence-electron chi connectivity index (χ0n) is 24.1. The Hall–Kier alpha value is -2.81. The van der Waals surface area contributed by atoms with Gasteiger partial charge in [-0.25, -0.2) is 4.79 Å². The Morgan fingerprint density at radius 1 is 0.700 bits per heavy atom. The van der Waals surface area contributed by atoms with Crippen LogP contribution in [0.3, 0.4) is 0 Å². The van der Waals surface area contributed by atoms with E-state index in [1.54, 1.807) is 6.92 Å². The number of hydrogen-bond acceptors (Lipinski definition) is 9.